The molecule has 0 fully saturated rings. The van der Waals surface area contributed by atoms with E-state index in [1.54, 1.807) is 12.4 Å². The van der Waals surface area contributed by atoms with E-state index in [2.05, 4.69) is 10.3 Å². The van der Waals surface area contributed by atoms with E-state index in [0.29, 0.717) is 0 Å². The Hall–Kier alpha value is -1.56. The molecule has 1 N–H and O–H groups in total. The summed E-state index contributed by atoms with van der Waals surface area (Å²) in [4.78, 5) is 5.01. The van der Waals surface area contributed by atoms with E-state index in [0.717, 1.165) is 16.6 Å². The number of aryl methyl sites for hydroxylation is 1. The Balaban J connectivity index is 2.25. The van der Waals surface area contributed by atoms with E-state index in [4.69, 9.17) is 0 Å². The highest BCUT2D eigenvalue weighted by Crippen LogP contribution is 2.27. The molecule has 0 aliphatic rings. The number of hydrogen-bond acceptors (Lipinski definition) is 3. The molecule has 0 spiro atoms. The number of hydrogen-bond donors (Lipinski definition) is 1. The van der Waals surface area contributed by atoms with Gasteiger partial charge in [-0.1, -0.05) is 0 Å². The van der Waals surface area contributed by atoms with Crippen LogP contribution in [0.3, 0.4) is 0 Å². The summed E-state index contributed by atoms with van der Waals surface area (Å²) >= 11 is 1.43. The van der Waals surface area contributed by atoms with E-state index < -0.39 is 17.5 Å². The van der Waals surface area contributed by atoms with Crippen molar-refractivity contribution in [2.24, 2.45) is 0 Å². The third-order valence-corrected chi connectivity index (χ3v) is 3.70. The molecule has 0 saturated heterocycles. The number of nitrogens with one attached hydrogen (secondary N) is 1. The molecule has 0 radical (unpaired) electrons. The minimum Gasteiger partial charge on any atom is -0.375 e. The number of rotatable bonds is 3. The quantitative estimate of drug-likeness (QED) is 0.853. The van der Waals surface area contributed by atoms with Gasteiger partial charge in [-0.15, -0.1) is 11.3 Å². The normalized spacial score (nSPS) is 12.5. The van der Waals surface area contributed by atoms with Crippen LogP contribution in [0, 0.1) is 24.4 Å². The van der Waals surface area contributed by atoms with Crippen LogP contribution < -0.4 is 5.32 Å². The average Bonchev–Trinajstić information content (AvgIpc) is 2.76. The van der Waals surface area contributed by atoms with Crippen molar-refractivity contribution in [1.29, 1.82) is 0 Å². The molecule has 0 amide bonds. The van der Waals surface area contributed by atoms with Gasteiger partial charge in [-0.3, -0.25) is 0 Å². The van der Waals surface area contributed by atoms with Crippen LogP contribution in [0.15, 0.2) is 17.6 Å². The smallest absolute Gasteiger partial charge is 0.196 e. The molecule has 96 valence electrons. The Morgan fingerprint density at radius 3 is 2.56 bits per heavy atom. The van der Waals surface area contributed by atoms with Crippen LogP contribution in [0.4, 0.5) is 18.9 Å². The first-order valence-corrected chi connectivity index (χ1v) is 6.18. The van der Waals surface area contributed by atoms with Crippen molar-refractivity contribution in [2.45, 2.75) is 19.9 Å². The van der Waals surface area contributed by atoms with Crippen LogP contribution in [0.1, 0.15) is 23.5 Å². The molecule has 1 heterocycles. The predicted octanol–water partition coefficient (Wildman–Crippen LogP) is 4.04. The number of benzene rings is 1. The Morgan fingerprint density at radius 1 is 1.22 bits per heavy atom. The van der Waals surface area contributed by atoms with Crippen molar-refractivity contribution in [2.75, 3.05) is 5.32 Å². The van der Waals surface area contributed by atoms with Crippen LogP contribution >= 0.6 is 11.3 Å². The maximum Gasteiger partial charge on any atom is 0.196 e. The zero-order valence-corrected chi connectivity index (χ0v) is 10.6. The highest BCUT2D eigenvalue weighted by Gasteiger charge is 2.17. The monoisotopic (exact) mass is 272 g/mol. The standard InChI is InChI=1S/C12H11F3N2S/c1-6-12(18-5-16-6)7(2)17-9-4-3-8(13)10(14)11(9)15/h3-5,7,17H,1-2H3. The van der Waals surface area contributed by atoms with Crippen LogP contribution in [0.2, 0.25) is 0 Å². The Morgan fingerprint density at radius 2 is 1.94 bits per heavy atom. The van der Waals surface area contributed by atoms with Gasteiger partial charge in [-0.05, 0) is 26.0 Å². The van der Waals surface area contributed by atoms with Crippen molar-refractivity contribution in [3.05, 3.63) is 45.7 Å². The lowest BCUT2D eigenvalue weighted by Gasteiger charge is -2.15. The number of anilines is 1. The lowest BCUT2D eigenvalue weighted by molar-refractivity contribution is 0.448. The van der Waals surface area contributed by atoms with E-state index >= 15 is 0 Å². The summed E-state index contributed by atoms with van der Waals surface area (Å²) in [5.74, 6) is -3.86. The van der Waals surface area contributed by atoms with Crippen LogP contribution in [-0.4, -0.2) is 4.98 Å². The van der Waals surface area contributed by atoms with Gasteiger partial charge in [-0.25, -0.2) is 18.2 Å². The molecule has 2 rings (SSSR count). The van der Waals surface area contributed by atoms with Crippen LogP contribution in [0.5, 0.6) is 0 Å². The van der Waals surface area contributed by atoms with Gasteiger partial charge in [0.15, 0.2) is 17.5 Å². The molecule has 0 aliphatic heterocycles. The lowest BCUT2D eigenvalue weighted by atomic mass is 10.2. The SMILES string of the molecule is Cc1ncsc1C(C)Nc1ccc(F)c(F)c1F. The van der Waals surface area contributed by atoms with E-state index in [1.807, 2.05) is 6.92 Å². The van der Waals surface area contributed by atoms with Crippen molar-refractivity contribution >= 4 is 17.0 Å². The van der Waals surface area contributed by atoms with Crippen molar-refractivity contribution in [3.63, 3.8) is 0 Å². The molecule has 1 aromatic carbocycles. The van der Waals surface area contributed by atoms with Crippen molar-refractivity contribution in [3.8, 4) is 0 Å². The zero-order chi connectivity index (χ0) is 13.3. The summed E-state index contributed by atoms with van der Waals surface area (Å²) in [6.45, 7) is 3.65. The summed E-state index contributed by atoms with van der Waals surface area (Å²) in [6, 6.07) is 1.85. The molecular formula is C12H11F3N2S. The second-order valence-corrected chi connectivity index (χ2v) is 4.78. The fraction of sp³-hybridized carbons (Fsp3) is 0.250. The maximum absolute atomic E-state index is 13.5. The first-order valence-electron chi connectivity index (χ1n) is 5.30. The minimum absolute atomic E-state index is 0.0609. The van der Waals surface area contributed by atoms with Gasteiger partial charge in [-0.2, -0.15) is 0 Å². The van der Waals surface area contributed by atoms with Gasteiger partial charge in [0, 0.05) is 4.88 Å². The summed E-state index contributed by atoms with van der Waals surface area (Å²) in [5, 5.41) is 2.81. The Labute approximate surface area is 106 Å². The zero-order valence-electron chi connectivity index (χ0n) is 9.80. The summed E-state index contributed by atoms with van der Waals surface area (Å²) < 4.78 is 39.3. The van der Waals surface area contributed by atoms with Gasteiger partial charge in [0.25, 0.3) is 0 Å². The fourth-order valence-electron chi connectivity index (χ4n) is 1.66. The molecule has 0 aliphatic carbocycles. The molecule has 1 atom stereocenters. The van der Waals surface area contributed by atoms with Crippen LogP contribution in [0.25, 0.3) is 0 Å². The third kappa shape index (κ3) is 2.33. The second kappa shape index (κ2) is 4.97. The first kappa shape index (κ1) is 12.9. The minimum atomic E-state index is -1.46. The summed E-state index contributed by atoms with van der Waals surface area (Å²) in [5.41, 5.74) is 2.46. The predicted molar refractivity (Wildman–Crippen MR) is 65.2 cm³/mol. The molecular weight excluding hydrogens is 261 g/mol. The highest BCUT2D eigenvalue weighted by molar-refractivity contribution is 7.09. The summed E-state index contributed by atoms with van der Waals surface area (Å²) in [7, 11) is 0. The van der Waals surface area contributed by atoms with Gasteiger partial charge in [0.1, 0.15) is 0 Å². The number of aromatic nitrogens is 1. The number of nitrogens with zero attached hydrogens (tertiary/aromatic N) is 1. The molecule has 18 heavy (non-hydrogen) atoms. The molecule has 0 saturated carbocycles. The van der Waals surface area contributed by atoms with E-state index in [1.165, 1.54) is 17.4 Å². The Kier molecular flexibility index (Phi) is 3.56. The van der Waals surface area contributed by atoms with Gasteiger partial charge < -0.3 is 5.32 Å². The first-order chi connectivity index (χ1) is 8.50. The van der Waals surface area contributed by atoms with Crippen molar-refractivity contribution in [1.82, 2.24) is 4.98 Å². The fourth-order valence-corrected chi connectivity index (χ4v) is 2.47. The third-order valence-electron chi connectivity index (χ3n) is 2.58. The Bertz CT molecular complexity index is 568. The molecule has 2 aromatic rings. The van der Waals surface area contributed by atoms with Gasteiger partial charge in [0.05, 0.1) is 22.9 Å². The average molecular weight is 272 g/mol. The largest absolute Gasteiger partial charge is 0.375 e. The topological polar surface area (TPSA) is 24.9 Å². The highest BCUT2D eigenvalue weighted by atomic mass is 32.1. The molecule has 0 bridgehead atoms. The summed E-state index contributed by atoms with van der Waals surface area (Å²) in [6.07, 6.45) is 0. The van der Waals surface area contributed by atoms with Gasteiger partial charge in [0.2, 0.25) is 0 Å². The maximum atomic E-state index is 13.5. The lowest BCUT2D eigenvalue weighted by Crippen LogP contribution is -2.09. The second-order valence-electron chi connectivity index (χ2n) is 3.89. The van der Waals surface area contributed by atoms with E-state index in [9.17, 15) is 13.2 Å². The van der Waals surface area contributed by atoms with Crippen LogP contribution in [-0.2, 0) is 0 Å². The van der Waals surface area contributed by atoms with Crippen molar-refractivity contribution < 1.29 is 13.2 Å². The molecule has 1 aromatic heterocycles. The number of halogens is 3. The number of thiazole rings is 1. The van der Waals surface area contributed by atoms with Gasteiger partial charge >= 0.3 is 0 Å². The van der Waals surface area contributed by atoms with E-state index in [-0.39, 0.29) is 11.7 Å². The molecule has 6 heteroatoms. The molecule has 2 nitrogen and oxygen atoms in total. The molecule has 1 unspecified atom stereocenters.